The highest BCUT2D eigenvalue weighted by Crippen LogP contribution is 2.61. The van der Waals surface area contributed by atoms with Gasteiger partial charge in [-0.15, -0.1) is 0 Å². The van der Waals surface area contributed by atoms with Gasteiger partial charge in [-0.3, -0.25) is 0 Å². The van der Waals surface area contributed by atoms with E-state index in [1.165, 1.54) is 33.4 Å². The van der Waals surface area contributed by atoms with Crippen molar-refractivity contribution in [3.05, 3.63) is 144 Å². The predicted octanol–water partition coefficient (Wildman–Crippen LogP) is 7.90. The topological polar surface area (TPSA) is 21.3 Å². The van der Waals surface area contributed by atoms with Crippen LogP contribution < -0.4 is 10.1 Å². The Bertz CT molecular complexity index is 1420. The summed E-state index contributed by atoms with van der Waals surface area (Å²) in [5.41, 5.74) is 9.02. The number of benzene rings is 5. The molecule has 5 aromatic carbocycles. The molecule has 0 amide bonds. The van der Waals surface area contributed by atoms with Gasteiger partial charge in [0.25, 0.3) is 0 Å². The van der Waals surface area contributed by atoms with Crippen LogP contribution >= 0.6 is 0 Å². The Morgan fingerprint density at radius 2 is 1.06 bits per heavy atom. The molecule has 2 nitrogen and oxygen atoms in total. The Balaban J connectivity index is 1.71. The molecule has 2 aliphatic rings. The average molecular weight is 424 g/mol. The molecular weight excluding hydrogens is 402 g/mol. The van der Waals surface area contributed by atoms with Gasteiger partial charge in [-0.1, -0.05) is 97.1 Å². The predicted molar refractivity (Wildman–Crippen MR) is 134 cm³/mol. The van der Waals surface area contributed by atoms with Crippen molar-refractivity contribution in [1.82, 2.24) is 0 Å². The van der Waals surface area contributed by atoms with Gasteiger partial charge in [0.1, 0.15) is 11.5 Å². The summed E-state index contributed by atoms with van der Waals surface area (Å²) < 4.78 is 6.46. The minimum absolute atomic E-state index is 0.505. The largest absolute Gasteiger partial charge is 0.457 e. The molecule has 2 aliphatic heterocycles. The first-order chi connectivity index (χ1) is 16.4. The number of anilines is 2. The molecule has 0 aliphatic carbocycles. The summed E-state index contributed by atoms with van der Waals surface area (Å²) in [6.07, 6.45) is 0. The van der Waals surface area contributed by atoms with Crippen LogP contribution in [0, 0.1) is 0 Å². The van der Waals surface area contributed by atoms with Gasteiger partial charge in [-0.25, -0.2) is 0 Å². The minimum atomic E-state index is -0.505. The monoisotopic (exact) mass is 423 g/mol. The molecule has 0 atom stereocenters. The Morgan fingerprint density at radius 1 is 0.485 bits per heavy atom. The maximum atomic E-state index is 6.46. The van der Waals surface area contributed by atoms with E-state index in [1.54, 1.807) is 0 Å². The van der Waals surface area contributed by atoms with E-state index in [-0.39, 0.29) is 0 Å². The lowest BCUT2D eigenvalue weighted by atomic mass is 9.60. The van der Waals surface area contributed by atoms with Gasteiger partial charge in [0.2, 0.25) is 0 Å². The van der Waals surface area contributed by atoms with Gasteiger partial charge >= 0.3 is 0 Å². The van der Waals surface area contributed by atoms with Crippen LogP contribution in [-0.2, 0) is 5.41 Å². The van der Waals surface area contributed by atoms with Crippen LogP contribution in [0.5, 0.6) is 11.5 Å². The maximum absolute atomic E-state index is 6.46. The normalized spacial score (nSPS) is 14.2. The van der Waals surface area contributed by atoms with Gasteiger partial charge in [0.05, 0.1) is 5.41 Å². The van der Waals surface area contributed by atoms with Gasteiger partial charge in [0.15, 0.2) is 0 Å². The number of rotatable bonds is 1. The van der Waals surface area contributed by atoms with Crippen molar-refractivity contribution in [2.45, 2.75) is 5.41 Å². The fraction of sp³-hybridized carbons (Fsp3) is 0.0323. The van der Waals surface area contributed by atoms with E-state index in [2.05, 4.69) is 127 Å². The number of nitrogens with one attached hydrogen (secondary N) is 1. The molecule has 0 bridgehead atoms. The van der Waals surface area contributed by atoms with E-state index in [0.29, 0.717) is 0 Å². The van der Waals surface area contributed by atoms with Crippen molar-refractivity contribution < 1.29 is 4.74 Å². The molecule has 7 rings (SSSR count). The molecule has 1 spiro atoms. The second kappa shape index (κ2) is 6.85. The first-order valence-electron chi connectivity index (χ1n) is 11.3. The van der Waals surface area contributed by atoms with E-state index in [1.807, 2.05) is 0 Å². The number of ether oxygens (including phenoxy) is 1. The first-order valence-corrected chi connectivity index (χ1v) is 11.3. The molecule has 156 valence electrons. The van der Waals surface area contributed by atoms with Crippen LogP contribution in [0.3, 0.4) is 0 Å². The van der Waals surface area contributed by atoms with E-state index < -0.39 is 5.41 Å². The van der Waals surface area contributed by atoms with Gasteiger partial charge in [-0.05, 0) is 41.0 Å². The fourth-order valence-electron chi connectivity index (χ4n) is 5.67. The number of para-hydroxylation sites is 3. The fourth-order valence-corrected chi connectivity index (χ4v) is 5.67. The molecule has 2 heterocycles. The van der Waals surface area contributed by atoms with Crippen LogP contribution in [0.1, 0.15) is 22.3 Å². The lowest BCUT2D eigenvalue weighted by molar-refractivity contribution is 0.434. The van der Waals surface area contributed by atoms with E-state index in [4.69, 9.17) is 4.74 Å². The van der Waals surface area contributed by atoms with Crippen molar-refractivity contribution in [3.8, 4) is 22.6 Å². The Hall–Kier alpha value is -4.30. The zero-order valence-corrected chi connectivity index (χ0v) is 18.0. The van der Waals surface area contributed by atoms with Crippen molar-refractivity contribution in [2.75, 3.05) is 5.32 Å². The highest BCUT2D eigenvalue weighted by Gasteiger charge is 2.50. The zero-order valence-electron chi connectivity index (χ0n) is 18.0. The second-order valence-corrected chi connectivity index (χ2v) is 8.61. The average Bonchev–Trinajstić information content (AvgIpc) is 2.89. The number of fused-ring (bicyclic) bond motifs is 8. The molecule has 0 saturated carbocycles. The quantitative estimate of drug-likeness (QED) is 0.290. The molecule has 0 radical (unpaired) electrons. The molecular formula is C31H21NO. The van der Waals surface area contributed by atoms with Crippen molar-refractivity contribution in [3.63, 3.8) is 0 Å². The lowest BCUT2D eigenvalue weighted by Gasteiger charge is -2.46. The molecule has 1 N–H and O–H groups in total. The Kier molecular flexibility index (Phi) is 3.80. The van der Waals surface area contributed by atoms with Crippen LogP contribution in [0.25, 0.3) is 11.1 Å². The van der Waals surface area contributed by atoms with Crippen molar-refractivity contribution in [2.24, 2.45) is 0 Å². The van der Waals surface area contributed by atoms with Crippen LogP contribution in [-0.4, -0.2) is 0 Å². The van der Waals surface area contributed by atoms with Crippen LogP contribution in [0.15, 0.2) is 121 Å². The molecule has 0 unspecified atom stereocenters. The van der Waals surface area contributed by atoms with Crippen molar-refractivity contribution in [1.29, 1.82) is 0 Å². The van der Waals surface area contributed by atoms with Crippen LogP contribution in [0.4, 0.5) is 11.4 Å². The summed E-state index contributed by atoms with van der Waals surface area (Å²) in [6.45, 7) is 0. The zero-order chi connectivity index (χ0) is 21.8. The third kappa shape index (κ3) is 2.43. The summed E-state index contributed by atoms with van der Waals surface area (Å²) in [7, 11) is 0. The molecule has 0 aromatic heterocycles. The second-order valence-electron chi connectivity index (χ2n) is 8.61. The summed E-state index contributed by atoms with van der Waals surface area (Å²) in [6, 6.07) is 42.9. The summed E-state index contributed by atoms with van der Waals surface area (Å²) in [5, 5.41) is 3.74. The van der Waals surface area contributed by atoms with E-state index in [0.717, 1.165) is 22.9 Å². The summed E-state index contributed by atoms with van der Waals surface area (Å²) >= 11 is 0. The van der Waals surface area contributed by atoms with Gasteiger partial charge in [0, 0.05) is 28.1 Å². The van der Waals surface area contributed by atoms with Gasteiger partial charge in [-0.2, -0.15) is 0 Å². The maximum Gasteiger partial charge on any atom is 0.132 e. The SMILES string of the molecule is c1ccc(-c2cccc3c2C2(c4ccccc4N3)c3ccccc3Oc3ccccc32)cc1. The lowest BCUT2D eigenvalue weighted by Crippen LogP contribution is -2.38. The molecule has 0 saturated heterocycles. The highest BCUT2D eigenvalue weighted by molar-refractivity contribution is 5.90. The molecule has 0 fully saturated rings. The number of hydrogen-bond donors (Lipinski definition) is 1. The molecule has 33 heavy (non-hydrogen) atoms. The molecule has 5 aromatic rings. The highest BCUT2D eigenvalue weighted by atomic mass is 16.5. The summed E-state index contributed by atoms with van der Waals surface area (Å²) in [4.78, 5) is 0. The Labute approximate surface area is 193 Å². The third-order valence-corrected chi connectivity index (χ3v) is 6.93. The van der Waals surface area contributed by atoms with Crippen LogP contribution in [0.2, 0.25) is 0 Å². The van der Waals surface area contributed by atoms with E-state index in [9.17, 15) is 0 Å². The minimum Gasteiger partial charge on any atom is -0.457 e. The Morgan fingerprint density at radius 3 is 1.79 bits per heavy atom. The van der Waals surface area contributed by atoms with Crippen molar-refractivity contribution >= 4 is 11.4 Å². The first kappa shape index (κ1) is 18.3. The van der Waals surface area contributed by atoms with E-state index >= 15 is 0 Å². The number of hydrogen-bond acceptors (Lipinski definition) is 2. The standard InChI is InChI=1S/C31H21NO/c1-2-11-21(12-3-1)22-13-10-18-27-30(22)31(23-14-4-7-17-26(23)32-27)24-15-5-8-19-28(24)33-29-20-9-6-16-25(29)31/h1-20,32H. The smallest absolute Gasteiger partial charge is 0.132 e. The molecule has 2 heteroatoms. The third-order valence-electron chi connectivity index (χ3n) is 6.93. The van der Waals surface area contributed by atoms with Gasteiger partial charge < -0.3 is 10.1 Å². The summed E-state index contributed by atoms with van der Waals surface area (Å²) in [5.74, 6) is 1.81.